The van der Waals surface area contributed by atoms with Crippen LogP contribution in [0.1, 0.15) is 22.8 Å². The molecule has 0 aliphatic carbocycles. The number of hydrogen-bond donors (Lipinski definition) is 2. The normalized spacial score (nSPS) is 10.6. The number of fused-ring (bicyclic) bond motifs is 1. The highest BCUT2D eigenvalue weighted by Gasteiger charge is 2.10. The van der Waals surface area contributed by atoms with Crippen molar-refractivity contribution in [2.45, 2.75) is 18.6 Å². The Morgan fingerprint density at radius 1 is 1.08 bits per heavy atom. The van der Waals surface area contributed by atoms with E-state index in [9.17, 15) is 9.59 Å². The molecule has 0 spiro atoms. The lowest BCUT2D eigenvalue weighted by Gasteiger charge is -2.07. The number of nitrogens with one attached hydrogen (secondary N) is 2. The highest BCUT2D eigenvalue weighted by molar-refractivity contribution is 7.99. The second-order valence-corrected chi connectivity index (χ2v) is 6.22. The molecule has 0 atom stereocenters. The third kappa shape index (κ3) is 4.39. The van der Waals surface area contributed by atoms with Gasteiger partial charge in [0.15, 0.2) is 5.58 Å². The molecule has 7 heteroatoms. The molecule has 1 aromatic heterocycles. The van der Waals surface area contributed by atoms with Crippen molar-refractivity contribution >= 4 is 34.7 Å². The topological polar surface area (TPSA) is 84.2 Å². The second kappa shape index (κ2) is 7.85. The molecule has 0 aliphatic rings. The van der Waals surface area contributed by atoms with E-state index in [0.717, 1.165) is 17.5 Å². The van der Waals surface area contributed by atoms with Crippen LogP contribution in [0.25, 0.3) is 11.1 Å². The van der Waals surface area contributed by atoms with Gasteiger partial charge in [-0.1, -0.05) is 43.0 Å². The van der Waals surface area contributed by atoms with Crippen LogP contribution in [0, 0.1) is 0 Å². The third-order valence-corrected chi connectivity index (χ3v) is 4.37. The number of nitrogens with zero attached hydrogens (tertiary/aromatic N) is 1. The van der Waals surface area contributed by atoms with Gasteiger partial charge in [-0.25, -0.2) is 4.98 Å². The van der Waals surface area contributed by atoms with Crippen molar-refractivity contribution in [1.82, 2.24) is 15.8 Å². The number of oxazole rings is 1. The van der Waals surface area contributed by atoms with Crippen LogP contribution in [-0.2, 0) is 11.2 Å². The largest absolute Gasteiger partial charge is 0.431 e. The molecule has 2 aromatic carbocycles. The van der Waals surface area contributed by atoms with Gasteiger partial charge in [0.1, 0.15) is 5.52 Å². The van der Waals surface area contributed by atoms with E-state index in [1.807, 2.05) is 43.3 Å². The average Bonchev–Trinajstić information content (AvgIpc) is 3.07. The minimum absolute atomic E-state index is 0.0852. The van der Waals surface area contributed by atoms with E-state index in [-0.39, 0.29) is 17.6 Å². The number of thioether (sulfide) groups is 1. The summed E-state index contributed by atoms with van der Waals surface area (Å²) < 4.78 is 5.52. The highest BCUT2D eigenvalue weighted by Crippen LogP contribution is 2.22. The molecule has 3 aromatic rings. The van der Waals surface area contributed by atoms with Gasteiger partial charge in [-0.15, -0.1) is 0 Å². The number of carbonyl (C=O) groups excluding carboxylic acids is 2. The van der Waals surface area contributed by atoms with Crippen LogP contribution in [0.3, 0.4) is 0 Å². The number of para-hydroxylation sites is 2. The van der Waals surface area contributed by atoms with Gasteiger partial charge in [0.05, 0.1) is 5.75 Å². The Morgan fingerprint density at radius 3 is 2.56 bits per heavy atom. The van der Waals surface area contributed by atoms with Crippen LogP contribution in [0.4, 0.5) is 0 Å². The molecule has 2 amide bonds. The molecule has 6 nitrogen and oxygen atoms in total. The molecule has 3 rings (SSSR count). The molecular formula is C18H17N3O3S. The molecule has 0 saturated carbocycles. The quantitative estimate of drug-likeness (QED) is 0.543. The third-order valence-electron chi connectivity index (χ3n) is 3.54. The summed E-state index contributed by atoms with van der Waals surface area (Å²) in [5, 5.41) is 0.415. The van der Waals surface area contributed by atoms with E-state index in [0.29, 0.717) is 16.4 Å². The fourth-order valence-electron chi connectivity index (χ4n) is 2.17. The Morgan fingerprint density at radius 2 is 1.84 bits per heavy atom. The molecule has 2 N–H and O–H groups in total. The predicted molar refractivity (Wildman–Crippen MR) is 96.2 cm³/mol. The standard InChI is InChI=1S/C18H17N3O3S/c1-2-12-7-9-13(10-8-12)17(23)21-20-16(22)11-25-18-19-14-5-3-4-6-15(14)24-18/h3-10H,2,11H2,1H3,(H,20,22)(H,21,23). The maximum atomic E-state index is 12.0. The number of aryl methyl sites for hydroxylation is 1. The fourth-order valence-corrected chi connectivity index (χ4v) is 2.80. The van der Waals surface area contributed by atoms with Crippen LogP contribution in [0.2, 0.25) is 0 Å². The lowest BCUT2D eigenvalue weighted by Crippen LogP contribution is -2.42. The number of amides is 2. The number of hydrazine groups is 1. The molecule has 0 bridgehead atoms. The zero-order valence-corrected chi connectivity index (χ0v) is 14.4. The molecule has 128 valence electrons. The predicted octanol–water partition coefficient (Wildman–Crippen LogP) is 2.94. The molecule has 0 unspecified atom stereocenters. The summed E-state index contributed by atoms with van der Waals surface area (Å²) in [5.74, 6) is -0.615. The summed E-state index contributed by atoms with van der Waals surface area (Å²) >= 11 is 1.17. The number of aromatic nitrogens is 1. The number of rotatable bonds is 5. The lowest BCUT2D eigenvalue weighted by atomic mass is 10.1. The van der Waals surface area contributed by atoms with Crippen LogP contribution in [0.15, 0.2) is 58.2 Å². The summed E-state index contributed by atoms with van der Waals surface area (Å²) in [6, 6.07) is 14.6. The smallest absolute Gasteiger partial charge is 0.269 e. The van der Waals surface area contributed by atoms with Crippen LogP contribution < -0.4 is 10.9 Å². The molecule has 0 fully saturated rings. The number of carbonyl (C=O) groups is 2. The summed E-state index contributed by atoms with van der Waals surface area (Å²) in [7, 11) is 0. The summed E-state index contributed by atoms with van der Waals surface area (Å²) in [5.41, 5.74) is 7.84. The molecule has 0 saturated heterocycles. The van der Waals surface area contributed by atoms with E-state index < -0.39 is 0 Å². The minimum atomic E-state index is -0.358. The maximum Gasteiger partial charge on any atom is 0.269 e. The van der Waals surface area contributed by atoms with Gasteiger partial charge >= 0.3 is 0 Å². The van der Waals surface area contributed by atoms with Crippen molar-refractivity contribution in [3.8, 4) is 0 Å². The van der Waals surface area contributed by atoms with Gasteiger partial charge in [-0.3, -0.25) is 20.4 Å². The SMILES string of the molecule is CCc1ccc(C(=O)NNC(=O)CSc2nc3ccccc3o2)cc1. The van der Waals surface area contributed by atoms with Crippen LogP contribution >= 0.6 is 11.8 Å². The lowest BCUT2D eigenvalue weighted by molar-refractivity contribution is -0.119. The number of benzene rings is 2. The molecule has 1 heterocycles. The van der Waals surface area contributed by atoms with Gasteiger partial charge in [0.2, 0.25) is 5.91 Å². The fraction of sp³-hybridized carbons (Fsp3) is 0.167. The van der Waals surface area contributed by atoms with Crippen molar-refractivity contribution in [3.63, 3.8) is 0 Å². The first kappa shape index (κ1) is 17.0. The zero-order chi connectivity index (χ0) is 17.6. The first-order valence-electron chi connectivity index (χ1n) is 7.82. The second-order valence-electron chi connectivity index (χ2n) is 5.29. The average molecular weight is 355 g/mol. The van der Waals surface area contributed by atoms with Crippen molar-refractivity contribution in [3.05, 3.63) is 59.7 Å². The minimum Gasteiger partial charge on any atom is -0.431 e. The zero-order valence-electron chi connectivity index (χ0n) is 13.6. The summed E-state index contributed by atoms with van der Waals surface area (Å²) in [6.07, 6.45) is 0.908. The van der Waals surface area contributed by atoms with Crippen molar-refractivity contribution in [2.75, 3.05) is 5.75 Å². The molecule has 0 aliphatic heterocycles. The molecule has 25 heavy (non-hydrogen) atoms. The van der Waals surface area contributed by atoms with Crippen molar-refractivity contribution in [1.29, 1.82) is 0 Å². The van der Waals surface area contributed by atoms with E-state index in [4.69, 9.17) is 4.42 Å². The van der Waals surface area contributed by atoms with Gasteiger partial charge < -0.3 is 4.42 Å². The first-order valence-corrected chi connectivity index (χ1v) is 8.81. The Kier molecular flexibility index (Phi) is 5.35. The van der Waals surface area contributed by atoms with Crippen LogP contribution in [-0.4, -0.2) is 22.6 Å². The van der Waals surface area contributed by atoms with E-state index >= 15 is 0 Å². The Labute approximate surface area is 149 Å². The molecular weight excluding hydrogens is 338 g/mol. The maximum absolute atomic E-state index is 12.0. The monoisotopic (exact) mass is 355 g/mol. The van der Waals surface area contributed by atoms with E-state index in [1.165, 1.54) is 11.8 Å². The van der Waals surface area contributed by atoms with Gasteiger partial charge in [-0.05, 0) is 36.2 Å². The highest BCUT2D eigenvalue weighted by atomic mass is 32.2. The van der Waals surface area contributed by atoms with Gasteiger partial charge in [0.25, 0.3) is 11.1 Å². The van der Waals surface area contributed by atoms with E-state index in [1.54, 1.807) is 12.1 Å². The van der Waals surface area contributed by atoms with Gasteiger partial charge in [0, 0.05) is 5.56 Å². The van der Waals surface area contributed by atoms with E-state index in [2.05, 4.69) is 15.8 Å². The Hall–Kier alpha value is -2.80. The van der Waals surface area contributed by atoms with Crippen molar-refractivity contribution in [2.24, 2.45) is 0 Å². The Bertz CT molecular complexity index is 857. The summed E-state index contributed by atoms with van der Waals surface area (Å²) in [6.45, 7) is 2.05. The summed E-state index contributed by atoms with van der Waals surface area (Å²) in [4.78, 5) is 28.1. The first-order chi connectivity index (χ1) is 12.2. The Balaban J connectivity index is 1.47. The van der Waals surface area contributed by atoms with Gasteiger partial charge in [-0.2, -0.15) is 0 Å². The van der Waals surface area contributed by atoms with Crippen LogP contribution in [0.5, 0.6) is 0 Å². The number of hydrogen-bond acceptors (Lipinski definition) is 5. The van der Waals surface area contributed by atoms with Crippen molar-refractivity contribution < 1.29 is 14.0 Å². The molecule has 0 radical (unpaired) electrons.